The number of carbonyl (C=O) groups is 2. The predicted octanol–water partition coefficient (Wildman–Crippen LogP) is 3.81. The Bertz CT molecular complexity index is 1150. The van der Waals surface area contributed by atoms with E-state index < -0.39 is 23.4 Å². The summed E-state index contributed by atoms with van der Waals surface area (Å²) in [6.07, 6.45) is 1.30. The van der Waals surface area contributed by atoms with Crippen LogP contribution in [0.1, 0.15) is 36.5 Å². The van der Waals surface area contributed by atoms with Crippen LogP contribution in [0.25, 0.3) is 11.3 Å². The summed E-state index contributed by atoms with van der Waals surface area (Å²) in [5.41, 5.74) is 4.95. The van der Waals surface area contributed by atoms with Crippen molar-refractivity contribution in [2.45, 2.75) is 32.8 Å². The van der Waals surface area contributed by atoms with Gasteiger partial charge in [-0.15, -0.1) is 0 Å². The number of ether oxygens (including phenoxy) is 2. The Hall–Kier alpha value is -3.95. The molecule has 0 radical (unpaired) electrons. The van der Waals surface area contributed by atoms with Gasteiger partial charge >= 0.3 is 0 Å². The topological polar surface area (TPSA) is 103 Å². The van der Waals surface area contributed by atoms with E-state index in [0.29, 0.717) is 11.5 Å². The quantitative estimate of drug-likeness (QED) is 0.497. The average molecular weight is 459 g/mol. The molecule has 33 heavy (non-hydrogen) atoms. The molecule has 0 aliphatic rings. The minimum Gasteiger partial charge on any atom is -0.493 e. The number of oxazole rings is 1. The summed E-state index contributed by atoms with van der Waals surface area (Å²) in [7, 11) is 1.46. The Balaban J connectivity index is 1.52. The SMILES string of the molecule is COc1cc(C(=O)NNC(=O)CCc2ncc(-c3ccc(F)cc3F)o2)ccc1OC(C)C. The van der Waals surface area contributed by atoms with Crippen LogP contribution in [-0.4, -0.2) is 30.0 Å². The predicted molar refractivity (Wildman–Crippen MR) is 115 cm³/mol. The van der Waals surface area contributed by atoms with E-state index in [1.165, 1.54) is 25.4 Å². The lowest BCUT2D eigenvalue weighted by Gasteiger charge is -2.14. The molecule has 0 unspecified atom stereocenters. The zero-order valence-corrected chi connectivity index (χ0v) is 18.3. The fourth-order valence-corrected chi connectivity index (χ4v) is 2.88. The van der Waals surface area contributed by atoms with Crippen molar-refractivity contribution in [2.75, 3.05) is 7.11 Å². The van der Waals surface area contributed by atoms with Gasteiger partial charge in [-0.2, -0.15) is 0 Å². The Kier molecular flexibility index (Phi) is 7.60. The molecule has 2 N–H and O–H groups in total. The molecule has 0 saturated carbocycles. The molecule has 0 aliphatic heterocycles. The van der Waals surface area contributed by atoms with Gasteiger partial charge in [0.25, 0.3) is 5.91 Å². The van der Waals surface area contributed by atoms with Crippen molar-refractivity contribution in [2.24, 2.45) is 0 Å². The fraction of sp³-hybridized carbons (Fsp3) is 0.261. The molecule has 1 heterocycles. The van der Waals surface area contributed by atoms with Crippen molar-refractivity contribution in [1.82, 2.24) is 15.8 Å². The minimum absolute atomic E-state index is 0.0450. The molecule has 8 nitrogen and oxygen atoms in total. The van der Waals surface area contributed by atoms with Crippen LogP contribution in [0, 0.1) is 11.6 Å². The molecule has 0 fully saturated rings. The number of rotatable bonds is 8. The van der Waals surface area contributed by atoms with E-state index in [2.05, 4.69) is 15.8 Å². The monoisotopic (exact) mass is 459 g/mol. The number of carbonyl (C=O) groups excluding carboxylic acids is 2. The largest absolute Gasteiger partial charge is 0.493 e. The number of nitrogens with zero attached hydrogens (tertiary/aromatic N) is 1. The van der Waals surface area contributed by atoms with Gasteiger partial charge in [-0.05, 0) is 44.2 Å². The lowest BCUT2D eigenvalue weighted by atomic mass is 10.2. The molecular weight excluding hydrogens is 436 g/mol. The molecule has 2 aromatic carbocycles. The number of aromatic nitrogens is 1. The first kappa shape index (κ1) is 23.7. The van der Waals surface area contributed by atoms with Crippen molar-refractivity contribution in [3.05, 3.63) is 65.7 Å². The molecule has 1 aromatic heterocycles. The van der Waals surface area contributed by atoms with Gasteiger partial charge in [-0.25, -0.2) is 13.8 Å². The summed E-state index contributed by atoms with van der Waals surface area (Å²) < 4.78 is 43.2. The van der Waals surface area contributed by atoms with E-state index in [1.807, 2.05) is 13.8 Å². The standard InChI is InChI=1S/C23H23F2N3O5/c1-13(2)32-18-7-4-14(10-19(18)31-3)23(30)28-27-21(29)8-9-22-26-12-20(33-22)16-6-5-15(24)11-17(16)25/h4-7,10-13H,8-9H2,1-3H3,(H,27,29)(H,28,30). The summed E-state index contributed by atoms with van der Waals surface area (Å²) in [4.78, 5) is 28.4. The van der Waals surface area contributed by atoms with E-state index in [0.717, 1.165) is 12.1 Å². The Morgan fingerprint density at radius 2 is 1.88 bits per heavy atom. The fourth-order valence-electron chi connectivity index (χ4n) is 2.88. The normalized spacial score (nSPS) is 10.7. The van der Waals surface area contributed by atoms with Crippen molar-refractivity contribution in [1.29, 1.82) is 0 Å². The first-order valence-corrected chi connectivity index (χ1v) is 10.1. The lowest BCUT2D eigenvalue weighted by molar-refractivity contribution is -0.121. The van der Waals surface area contributed by atoms with Crippen LogP contribution in [0.15, 0.2) is 47.0 Å². The van der Waals surface area contributed by atoms with Crippen molar-refractivity contribution < 1.29 is 32.3 Å². The highest BCUT2D eigenvalue weighted by molar-refractivity contribution is 5.96. The van der Waals surface area contributed by atoms with Crippen LogP contribution in [0.4, 0.5) is 8.78 Å². The maximum atomic E-state index is 13.9. The van der Waals surface area contributed by atoms with Crippen LogP contribution >= 0.6 is 0 Å². The Morgan fingerprint density at radius 1 is 1.09 bits per heavy atom. The van der Waals surface area contributed by atoms with E-state index in [-0.39, 0.29) is 41.7 Å². The number of hydrogen-bond donors (Lipinski definition) is 2. The number of aryl methyl sites for hydroxylation is 1. The van der Waals surface area contributed by atoms with Gasteiger partial charge < -0.3 is 13.9 Å². The maximum Gasteiger partial charge on any atom is 0.269 e. The van der Waals surface area contributed by atoms with Crippen molar-refractivity contribution in [3.8, 4) is 22.8 Å². The third-order valence-corrected chi connectivity index (χ3v) is 4.42. The molecule has 0 bridgehead atoms. The van der Waals surface area contributed by atoms with Gasteiger partial charge in [0.05, 0.1) is 25.0 Å². The Morgan fingerprint density at radius 3 is 2.58 bits per heavy atom. The van der Waals surface area contributed by atoms with E-state index in [1.54, 1.807) is 12.1 Å². The Labute approximate surface area is 188 Å². The number of methoxy groups -OCH3 is 1. The van der Waals surface area contributed by atoms with Crippen LogP contribution < -0.4 is 20.3 Å². The molecule has 0 spiro atoms. The number of nitrogens with one attached hydrogen (secondary N) is 2. The molecule has 3 aromatic rings. The first-order valence-electron chi connectivity index (χ1n) is 10.1. The van der Waals surface area contributed by atoms with Crippen LogP contribution in [0.2, 0.25) is 0 Å². The molecule has 2 amide bonds. The molecule has 0 atom stereocenters. The second-order valence-corrected chi connectivity index (χ2v) is 7.28. The van der Waals surface area contributed by atoms with Gasteiger partial charge in [-0.1, -0.05) is 0 Å². The summed E-state index contributed by atoms with van der Waals surface area (Å²) >= 11 is 0. The molecule has 3 rings (SSSR count). The van der Waals surface area contributed by atoms with Crippen LogP contribution in [0.3, 0.4) is 0 Å². The van der Waals surface area contributed by atoms with Crippen molar-refractivity contribution in [3.63, 3.8) is 0 Å². The smallest absolute Gasteiger partial charge is 0.269 e. The number of benzene rings is 2. The summed E-state index contributed by atoms with van der Waals surface area (Å²) in [6, 6.07) is 7.76. The second kappa shape index (κ2) is 10.6. The number of halogens is 2. The molecule has 10 heteroatoms. The molecule has 0 aliphatic carbocycles. The highest BCUT2D eigenvalue weighted by Gasteiger charge is 2.15. The zero-order chi connectivity index (χ0) is 24.0. The van der Waals surface area contributed by atoms with E-state index in [4.69, 9.17) is 13.9 Å². The average Bonchev–Trinajstić information content (AvgIpc) is 3.24. The summed E-state index contributed by atoms with van der Waals surface area (Å²) in [6.45, 7) is 3.74. The summed E-state index contributed by atoms with van der Waals surface area (Å²) in [5, 5.41) is 0. The lowest BCUT2D eigenvalue weighted by Crippen LogP contribution is -2.41. The second-order valence-electron chi connectivity index (χ2n) is 7.28. The van der Waals surface area contributed by atoms with Gasteiger partial charge in [0, 0.05) is 24.5 Å². The van der Waals surface area contributed by atoms with Gasteiger partial charge in [0.1, 0.15) is 11.6 Å². The van der Waals surface area contributed by atoms with Gasteiger partial charge in [0.15, 0.2) is 23.1 Å². The van der Waals surface area contributed by atoms with Crippen molar-refractivity contribution >= 4 is 11.8 Å². The molecular formula is C23H23F2N3O5. The highest BCUT2D eigenvalue weighted by Crippen LogP contribution is 2.29. The van der Waals surface area contributed by atoms with Crippen LogP contribution in [-0.2, 0) is 11.2 Å². The zero-order valence-electron chi connectivity index (χ0n) is 18.3. The third kappa shape index (κ3) is 6.28. The van der Waals surface area contributed by atoms with Crippen LogP contribution in [0.5, 0.6) is 11.5 Å². The number of hydrogen-bond acceptors (Lipinski definition) is 6. The van der Waals surface area contributed by atoms with Gasteiger partial charge in [-0.3, -0.25) is 20.4 Å². The first-order chi connectivity index (χ1) is 15.8. The third-order valence-electron chi connectivity index (χ3n) is 4.42. The van der Waals surface area contributed by atoms with E-state index in [9.17, 15) is 18.4 Å². The summed E-state index contributed by atoms with van der Waals surface area (Å²) in [5.74, 6) is -1.30. The van der Waals surface area contributed by atoms with E-state index >= 15 is 0 Å². The molecule has 0 saturated heterocycles. The maximum absolute atomic E-state index is 13.9. The number of amides is 2. The highest BCUT2D eigenvalue weighted by atomic mass is 19.1. The minimum atomic E-state index is -0.779. The van der Waals surface area contributed by atoms with Gasteiger partial charge in [0.2, 0.25) is 5.91 Å². The number of hydrazine groups is 1. The molecule has 174 valence electrons.